The number of halogens is 1. The molecule has 0 aliphatic carbocycles. The van der Waals surface area contributed by atoms with Crippen LogP contribution in [0, 0.1) is 0 Å². The van der Waals surface area contributed by atoms with E-state index in [1.54, 1.807) is 0 Å². The van der Waals surface area contributed by atoms with Crippen molar-refractivity contribution < 1.29 is 0 Å². The molecule has 3 aromatic rings. The van der Waals surface area contributed by atoms with Gasteiger partial charge in [-0.1, -0.05) is 48.5 Å². The highest BCUT2D eigenvalue weighted by Gasteiger charge is 2.22. The number of hydrogen-bond donors (Lipinski definition) is 2. The maximum absolute atomic E-state index is 5.26. The van der Waals surface area contributed by atoms with E-state index in [4.69, 9.17) is 9.97 Å². The number of nitrogens with one attached hydrogen (secondary N) is 2. The van der Waals surface area contributed by atoms with E-state index in [0.717, 1.165) is 83.2 Å². The third kappa shape index (κ3) is 4.63. The van der Waals surface area contributed by atoms with Gasteiger partial charge in [-0.3, -0.25) is 0 Å². The van der Waals surface area contributed by atoms with Crippen LogP contribution in [0.15, 0.2) is 28.7 Å². The van der Waals surface area contributed by atoms with Crippen molar-refractivity contribution in [1.82, 2.24) is 19.9 Å². The number of allylic oxidation sites excluding steroid dienone is 4. The van der Waals surface area contributed by atoms with Gasteiger partial charge in [-0.25, -0.2) is 9.97 Å². The van der Waals surface area contributed by atoms with Crippen LogP contribution in [-0.2, 0) is 19.3 Å². The summed E-state index contributed by atoms with van der Waals surface area (Å²) >= 11 is 3.94. The van der Waals surface area contributed by atoms with E-state index in [9.17, 15) is 0 Å². The smallest absolute Gasteiger partial charge is 0.0694 e. The van der Waals surface area contributed by atoms with Crippen LogP contribution in [0.3, 0.4) is 0 Å². The number of hydrogen-bond acceptors (Lipinski definition) is 2. The molecule has 0 saturated heterocycles. The van der Waals surface area contributed by atoms with E-state index in [-0.39, 0.29) is 0 Å². The minimum atomic E-state index is 0.933. The average molecular weight is 586 g/mol. The lowest BCUT2D eigenvalue weighted by Gasteiger charge is -2.04. The Morgan fingerprint density at radius 2 is 0.821 bits per heavy atom. The molecule has 5 rings (SSSR count). The first kappa shape index (κ1) is 27.6. The van der Waals surface area contributed by atoms with Crippen LogP contribution in [0.1, 0.15) is 114 Å². The molecule has 8 bridgehead atoms. The van der Waals surface area contributed by atoms with Crippen molar-refractivity contribution >= 4 is 60.3 Å². The van der Waals surface area contributed by atoms with Gasteiger partial charge < -0.3 is 9.97 Å². The van der Waals surface area contributed by atoms with Crippen molar-refractivity contribution in [2.24, 2.45) is 0 Å². The zero-order valence-electron chi connectivity index (χ0n) is 24.5. The van der Waals surface area contributed by atoms with Crippen molar-refractivity contribution in [3.63, 3.8) is 0 Å². The summed E-state index contributed by atoms with van der Waals surface area (Å²) in [5.74, 6) is 0. The fraction of sp³-hybridized carbons (Fsp3) is 0.412. The second-order valence-corrected chi connectivity index (χ2v) is 11.2. The second kappa shape index (κ2) is 11.3. The molecule has 5 heteroatoms. The Bertz CT molecular complexity index is 1660. The molecule has 204 valence electrons. The number of aromatic amines is 2. The molecule has 2 N–H and O–H groups in total. The fourth-order valence-electron chi connectivity index (χ4n) is 6.55. The first-order valence-electron chi connectivity index (χ1n) is 14.8. The summed E-state index contributed by atoms with van der Waals surface area (Å²) in [7, 11) is 0. The maximum atomic E-state index is 5.26. The molecule has 3 aromatic heterocycles. The predicted molar refractivity (Wildman–Crippen MR) is 172 cm³/mol. The van der Waals surface area contributed by atoms with Crippen LogP contribution in [0.2, 0.25) is 0 Å². The van der Waals surface area contributed by atoms with Gasteiger partial charge in [-0.2, -0.15) is 0 Å². The third-order valence-electron chi connectivity index (χ3n) is 8.43. The monoisotopic (exact) mass is 584 g/mol. The van der Waals surface area contributed by atoms with Crippen molar-refractivity contribution in [2.75, 3.05) is 0 Å². The Labute approximate surface area is 241 Å². The van der Waals surface area contributed by atoms with Gasteiger partial charge in [0.15, 0.2) is 0 Å². The first-order valence-corrected chi connectivity index (χ1v) is 15.6. The highest BCUT2D eigenvalue weighted by atomic mass is 79.9. The van der Waals surface area contributed by atoms with Crippen molar-refractivity contribution in [2.45, 2.75) is 93.4 Å². The fourth-order valence-corrected chi connectivity index (χ4v) is 7.26. The topological polar surface area (TPSA) is 57.4 Å². The van der Waals surface area contributed by atoms with E-state index in [1.807, 2.05) is 0 Å². The Morgan fingerprint density at radius 1 is 0.462 bits per heavy atom. The van der Waals surface area contributed by atoms with Gasteiger partial charge in [-0.05, 0) is 124 Å². The summed E-state index contributed by atoms with van der Waals surface area (Å²) in [5.41, 5.74) is 18.3. The molecule has 2 aliphatic rings. The number of aromatic nitrogens is 4. The zero-order valence-corrected chi connectivity index (χ0v) is 26.1. The minimum Gasteiger partial charge on any atom is -0.355 e. The predicted octanol–water partition coefficient (Wildman–Crippen LogP) is 10.2. The van der Waals surface area contributed by atoms with Gasteiger partial charge in [0, 0.05) is 21.0 Å². The molecule has 2 aliphatic heterocycles. The maximum Gasteiger partial charge on any atom is 0.0694 e. The van der Waals surface area contributed by atoms with Crippen molar-refractivity contribution in [3.8, 4) is 0 Å². The van der Waals surface area contributed by atoms with Crippen LogP contribution < -0.4 is 0 Å². The molecule has 0 amide bonds. The lowest BCUT2D eigenvalue weighted by Crippen LogP contribution is -1.86. The van der Waals surface area contributed by atoms with Crippen LogP contribution in [0.25, 0.3) is 44.4 Å². The van der Waals surface area contributed by atoms with E-state index in [2.05, 4.69) is 98.6 Å². The zero-order chi connectivity index (χ0) is 27.8. The van der Waals surface area contributed by atoms with Crippen molar-refractivity contribution in [1.29, 1.82) is 0 Å². The number of rotatable bonds is 7. The SMILES string of the molecule is CCC1=C(CC)c2cc3[nH]c(cc4[nH]c(cc5nc(cc1n2)C(CC)=C5CC)c(CC)c4CC)c(Br)c3CC. The first-order chi connectivity index (χ1) is 18.9. The van der Waals surface area contributed by atoms with E-state index < -0.39 is 0 Å². The number of H-pyrrole nitrogens is 2. The van der Waals surface area contributed by atoms with Gasteiger partial charge in [0.2, 0.25) is 0 Å². The molecule has 0 aromatic carbocycles. The molecule has 4 nitrogen and oxygen atoms in total. The lowest BCUT2D eigenvalue weighted by atomic mass is 9.98. The van der Waals surface area contributed by atoms with Crippen LogP contribution >= 0.6 is 15.9 Å². The van der Waals surface area contributed by atoms with Gasteiger partial charge in [0.25, 0.3) is 0 Å². The van der Waals surface area contributed by atoms with E-state index in [1.165, 1.54) is 50.0 Å². The Balaban J connectivity index is 2.02. The molecule has 5 heterocycles. The Morgan fingerprint density at radius 3 is 1.23 bits per heavy atom. The molecule has 0 spiro atoms. The molecule has 0 atom stereocenters. The van der Waals surface area contributed by atoms with Crippen LogP contribution in [0.4, 0.5) is 0 Å². The minimum absolute atomic E-state index is 0.933. The summed E-state index contributed by atoms with van der Waals surface area (Å²) in [6, 6.07) is 9.08. The van der Waals surface area contributed by atoms with Gasteiger partial charge in [0.05, 0.1) is 28.3 Å². The molecular weight excluding hydrogens is 544 g/mol. The third-order valence-corrected chi connectivity index (χ3v) is 9.33. The summed E-state index contributed by atoms with van der Waals surface area (Å²) in [6.45, 7) is 15.7. The standard InChI is InChI=1S/C34H41BrN4/c1-8-19-20(9-2)27-16-29-23(12-5)24(13-6)31(38-29)18-33-34(35)25(14-7)32(39-33)17-30-22(11-4)21(10-3)28(37-30)15-26(19)36-27/h15-18,38-39H,8-14H2,1-7H3. The van der Waals surface area contributed by atoms with Crippen LogP contribution in [0.5, 0.6) is 0 Å². The van der Waals surface area contributed by atoms with E-state index >= 15 is 0 Å². The van der Waals surface area contributed by atoms with Crippen molar-refractivity contribution in [3.05, 3.63) is 68.2 Å². The quantitative estimate of drug-likeness (QED) is 0.290. The molecular formula is C34H41BrN4. The largest absolute Gasteiger partial charge is 0.355 e. The molecule has 0 unspecified atom stereocenters. The molecule has 39 heavy (non-hydrogen) atoms. The molecule has 0 fully saturated rings. The summed E-state index contributed by atoms with van der Waals surface area (Å²) in [4.78, 5) is 18.0. The Hall–Kier alpha value is -2.92. The number of fused-ring (bicyclic) bond motifs is 8. The highest BCUT2D eigenvalue weighted by molar-refractivity contribution is 9.10. The molecule has 0 radical (unpaired) electrons. The number of aryl methyl sites for hydroxylation is 3. The van der Waals surface area contributed by atoms with Gasteiger partial charge >= 0.3 is 0 Å². The van der Waals surface area contributed by atoms with Gasteiger partial charge in [-0.15, -0.1) is 0 Å². The molecule has 0 saturated carbocycles. The summed E-state index contributed by atoms with van der Waals surface area (Å²) in [6.07, 6.45) is 6.72. The van der Waals surface area contributed by atoms with Gasteiger partial charge in [0.1, 0.15) is 0 Å². The number of nitrogens with zero attached hydrogens (tertiary/aromatic N) is 2. The lowest BCUT2D eigenvalue weighted by molar-refractivity contribution is 1.07. The summed E-state index contributed by atoms with van der Waals surface area (Å²) in [5, 5.41) is 0. The normalized spacial score (nSPS) is 13.6. The average Bonchev–Trinajstić information content (AvgIpc) is 3.64. The summed E-state index contributed by atoms with van der Waals surface area (Å²) < 4.78 is 1.13. The van der Waals surface area contributed by atoms with Crippen LogP contribution in [-0.4, -0.2) is 19.9 Å². The van der Waals surface area contributed by atoms with E-state index in [0.29, 0.717) is 0 Å². The Kier molecular flexibility index (Phi) is 8.00. The highest BCUT2D eigenvalue weighted by Crippen LogP contribution is 2.39. The second-order valence-electron chi connectivity index (χ2n) is 10.4.